The van der Waals surface area contributed by atoms with Gasteiger partial charge in [-0.05, 0) is 31.2 Å². The van der Waals surface area contributed by atoms with Crippen LogP contribution >= 0.6 is 0 Å². The Morgan fingerprint density at radius 1 is 1.04 bits per heavy atom. The topological polar surface area (TPSA) is 47.2 Å². The first-order chi connectivity index (χ1) is 13.4. The number of nitrogens with one attached hydrogen (secondary N) is 3. The molecule has 0 unspecified atom stereocenters. The summed E-state index contributed by atoms with van der Waals surface area (Å²) in [5.41, 5.74) is 2.70. The number of carbonyl (C=O) groups is 1. The zero-order chi connectivity index (χ0) is 20.1. The lowest BCUT2D eigenvalue weighted by molar-refractivity contribution is -1.02. The fourth-order valence-corrected chi connectivity index (χ4v) is 3.63. The van der Waals surface area contributed by atoms with Crippen molar-refractivity contribution >= 4 is 11.6 Å². The van der Waals surface area contributed by atoms with E-state index in [4.69, 9.17) is 4.74 Å². The van der Waals surface area contributed by atoms with E-state index in [0.717, 1.165) is 50.6 Å². The predicted molar refractivity (Wildman–Crippen MR) is 103 cm³/mol. The summed E-state index contributed by atoms with van der Waals surface area (Å²) >= 11 is 0. The largest absolute Gasteiger partial charge is 0.496 e. The molecular formula is C21H27F2N3O2+2. The van der Waals surface area contributed by atoms with Crippen molar-refractivity contribution in [2.24, 2.45) is 0 Å². The van der Waals surface area contributed by atoms with E-state index in [1.807, 2.05) is 12.1 Å². The molecule has 2 aromatic carbocycles. The van der Waals surface area contributed by atoms with E-state index in [-0.39, 0.29) is 11.6 Å². The van der Waals surface area contributed by atoms with Crippen molar-refractivity contribution in [2.45, 2.75) is 13.5 Å². The van der Waals surface area contributed by atoms with Crippen LogP contribution in [0, 0.1) is 18.6 Å². The van der Waals surface area contributed by atoms with Crippen LogP contribution in [-0.2, 0) is 11.3 Å². The highest BCUT2D eigenvalue weighted by atomic mass is 19.2. The number of amides is 1. The standard InChI is InChI=1S/C21H25F2N3O2/c1-15-3-6-20(28-2)16(11-15)13-25-7-9-26(10-8-25)14-21(27)24-17-4-5-18(22)19(23)12-17/h3-6,11-12H,7-10,13-14H2,1-2H3,(H,24,27)/p+2. The van der Waals surface area contributed by atoms with Crippen molar-refractivity contribution < 1.29 is 28.1 Å². The molecule has 0 aromatic heterocycles. The quantitative estimate of drug-likeness (QED) is 0.659. The number of halogens is 2. The number of carbonyl (C=O) groups excluding carboxylic acids is 1. The first-order valence-corrected chi connectivity index (χ1v) is 9.50. The summed E-state index contributed by atoms with van der Waals surface area (Å²) in [5.74, 6) is -1.16. The molecular weight excluding hydrogens is 364 g/mol. The molecule has 3 N–H and O–H groups in total. The summed E-state index contributed by atoms with van der Waals surface area (Å²) in [7, 11) is 1.69. The van der Waals surface area contributed by atoms with Crippen LogP contribution in [0.2, 0.25) is 0 Å². The molecule has 28 heavy (non-hydrogen) atoms. The summed E-state index contributed by atoms with van der Waals surface area (Å²) in [6.45, 7) is 6.99. The van der Waals surface area contributed by atoms with Crippen molar-refractivity contribution in [3.05, 3.63) is 59.2 Å². The van der Waals surface area contributed by atoms with Crippen LogP contribution < -0.4 is 19.9 Å². The highest BCUT2D eigenvalue weighted by Crippen LogP contribution is 2.18. The lowest BCUT2D eigenvalue weighted by Gasteiger charge is -2.29. The maximum atomic E-state index is 13.2. The van der Waals surface area contributed by atoms with Crippen LogP contribution in [0.5, 0.6) is 5.75 Å². The van der Waals surface area contributed by atoms with E-state index in [0.29, 0.717) is 6.54 Å². The number of quaternary nitrogens is 2. The first kappa shape index (κ1) is 20.2. The van der Waals surface area contributed by atoms with Gasteiger partial charge in [-0.1, -0.05) is 11.6 Å². The van der Waals surface area contributed by atoms with Gasteiger partial charge < -0.3 is 19.9 Å². The fraction of sp³-hybridized carbons (Fsp3) is 0.381. The average molecular weight is 391 g/mol. The van der Waals surface area contributed by atoms with Gasteiger partial charge in [0.2, 0.25) is 0 Å². The second-order valence-electron chi connectivity index (χ2n) is 7.35. The summed E-state index contributed by atoms with van der Waals surface area (Å²) in [6, 6.07) is 9.60. The Morgan fingerprint density at radius 2 is 1.75 bits per heavy atom. The minimum atomic E-state index is -0.964. The Balaban J connectivity index is 1.48. The van der Waals surface area contributed by atoms with Crippen molar-refractivity contribution in [3.8, 4) is 5.75 Å². The van der Waals surface area contributed by atoms with Gasteiger partial charge in [0.1, 0.15) is 38.5 Å². The number of rotatable bonds is 6. The minimum Gasteiger partial charge on any atom is -0.496 e. The SMILES string of the molecule is COc1ccc(C)cc1C[NH+]1CC[NH+](CC(=O)Nc2ccc(F)c(F)c2)CC1. The van der Waals surface area contributed by atoms with Crippen molar-refractivity contribution in [3.63, 3.8) is 0 Å². The number of piperazine rings is 1. The van der Waals surface area contributed by atoms with Crippen molar-refractivity contribution in [1.82, 2.24) is 0 Å². The highest BCUT2D eigenvalue weighted by Gasteiger charge is 2.25. The van der Waals surface area contributed by atoms with Crippen LogP contribution in [0.4, 0.5) is 14.5 Å². The van der Waals surface area contributed by atoms with E-state index in [1.54, 1.807) is 7.11 Å². The molecule has 0 spiro atoms. The van der Waals surface area contributed by atoms with E-state index in [1.165, 1.54) is 27.0 Å². The smallest absolute Gasteiger partial charge is 0.279 e. The van der Waals surface area contributed by atoms with Gasteiger partial charge in [-0.3, -0.25) is 4.79 Å². The third-order valence-corrected chi connectivity index (χ3v) is 5.15. The van der Waals surface area contributed by atoms with Gasteiger partial charge in [0.05, 0.1) is 7.11 Å². The Labute approximate surface area is 163 Å². The molecule has 0 atom stereocenters. The fourth-order valence-electron chi connectivity index (χ4n) is 3.63. The third-order valence-electron chi connectivity index (χ3n) is 5.15. The molecule has 0 saturated carbocycles. The van der Waals surface area contributed by atoms with Crippen LogP contribution in [0.1, 0.15) is 11.1 Å². The van der Waals surface area contributed by atoms with Gasteiger partial charge in [0.25, 0.3) is 5.91 Å². The minimum absolute atomic E-state index is 0.190. The molecule has 0 radical (unpaired) electrons. The summed E-state index contributed by atoms with van der Waals surface area (Å²) < 4.78 is 31.7. The Hall–Kier alpha value is -2.51. The summed E-state index contributed by atoms with van der Waals surface area (Å²) in [5, 5.41) is 2.64. The van der Waals surface area contributed by atoms with E-state index in [2.05, 4.69) is 18.3 Å². The number of benzene rings is 2. The average Bonchev–Trinajstić information content (AvgIpc) is 2.66. The molecule has 1 amide bonds. The van der Waals surface area contributed by atoms with Gasteiger partial charge in [-0.2, -0.15) is 0 Å². The zero-order valence-corrected chi connectivity index (χ0v) is 16.3. The van der Waals surface area contributed by atoms with Gasteiger partial charge >= 0.3 is 0 Å². The molecule has 1 aliphatic heterocycles. The molecule has 1 saturated heterocycles. The number of hydrogen-bond donors (Lipinski definition) is 3. The second kappa shape index (κ2) is 9.12. The van der Waals surface area contributed by atoms with Crippen molar-refractivity contribution in [1.29, 1.82) is 0 Å². The molecule has 1 aliphatic rings. The summed E-state index contributed by atoms with van der Waals surface area (Å²) in [4.78, 5) is 14.9. The van der Waals surface area contributed by atoms with Crippen LogP contribution in [-0.4, -0.2) is 45.7 Å². The number of anilines is 1. The molecule has 7 heteroatoms. The maximum absolute atomic E-state index is 13.2. The lowest BCUT2D eigenvalue weighted by atomic mass is 10.1. The van der Waals surface area contributed by atoms with E-state index in [9.17, 15) is 13.6 Å². The van der Waals surface area contributed by atoms with Gasteiger partial charge in [0, 0.05) is 17.3 Å². The predicted octanol–water partition coefficient (Wildman–Crippen LogP) is 0.204. The maximum Gasteiger partial charge on any atom is 0.279 e. The lowest BCUT2D eigenvalue weighted by Crippen LogP contribution is -3.28. The van der Waals surface area contributed by atoms with Gasteiger partial charge in [-0.15, -0.1) is 0 Å². The van der Waals surface area contributed by atoms with Gasteiger partial charge in [0.15, 0.2) is 18.2 Å². The highest BCUT2D eigenvalue weighted by molar-refractivity contribution is 5.91. The van der Waals surface area contributed by atoms with Gasteiger partial charge in [-0.25, -0.2) is 8.78 Å². The number of methoxy groups -OCH3 is 1. The molecule has 1 fully saturated rings. The summed E-state index contributed by atoms with van der Waals surface area (Å²) in [6.07, 6.45) is 0. The van der Waals surface area contributed by atoms with Crippen LogP contribution in [0.15, 0.2) is 36.4 Å². The Bertz CT molecular complexity index is 836. The van der Waals surface area contributed by atoms with Crippen LogP contribution in [0.25, 0.3) is 0 Å². The Kier molecular flexibility index (Phi) is 6.59. The molecule has 3 rings (SSSR count). The number of ether oxygens (including phenoxy) is 1. The number of hydrogen-bond acceptors (Lipinski definition) is 2. The number of aryl methyl sites for hydroxylation is 1. The zero-order valence-electron chi connectivity index (χ0n) is 16.3. The molecule has 150 valence electrons. The third kappa shape index (κ3) is 5.27. The molecule has 0 aliphatic carbocycles. The molecule has 0 bridgehead atoms. The Morgan fingerprint density at radius 3 is 2.43 bits per heavy atom. The van der Waals surface area contributed by atoms with E-state index >= 15 is 0 Å². The van der Waals surface area contributed by atoms with E-state index < -0.39 is 11.6 Å². The normalized spacial score (nSPS) is 19.3. The molecule has 5 nitrogen and oxygen atoms in total. The monoisotopic (exact) mass is 391 g/mol. The first-order valence-electron chi connectivity index (χ1n) is 9.50. The second-order valence-corrected chi connectivity index (χ2v) is 7.35. The molecule has 1 heterocycles. The van der Waals surface area contributed by atoms with Crippen LogP contribution in [0.3, 0.4) is 0 Å². The van der Waals surface area contributed by atoms with Crippen molar-refractivity contribution in [2.75, 3.05) is 45.2 Å². The molecule has 2 aromatic rings.